The minimum absolute atomic E-state index is 0.364. The molecule has 0 bridgehead atoms. The zero-order valence-electron chi connectivity index (χ0n) is 9.20. The van der Waals surface area contributed by atoms with Crippen molar-refractivity contribution in [3.05, 3.63) is 0 Å². The Balaban J connectivity index is 3.84. The fourth-order valence-corrected chi connectivity index (χ4v) is 1.48. The highest BCUT2D eigenvalue weighted by molar-refractivity contribution is 5.69. The number of aliphatic carboxylic acids is 1. The Morgan fingerprint density at radius 1 is 1.29 bits per heavy atom. The first-order valence-electron chi connectivity index (χ1n) is 5.52. The van der Waals surface area contributed by atoms with Crippen molar-refractivity contribution in [2.45, 2.75) is 58.5 Å². The van der Waals surface area contributed by atoms with Gasteiger partial charge in [0.15, 0.2) is 0 Å². The molecule has 3 heteroatoms. The fourth-order valence-electron chi connectivity index (χ4n) is 1.48. The van der Waals surface area contributed by atoms with Crippen LogP contribution in [0.1, 0.15) is 52.4 Å². The van der Waals surface area contributed by atoms with Crippen LogP contribution >= 0.6 is 0 Å². The molecule has 0 aromatic rings. The van der Waals surface area contributed by atoms with E-state index in [1.54, 1.807) is 0 Å². The highest BCUT2D eigenvalue weighted by atomic mass is 16.4. The molecule has 0 rings (SSSR count). The highest BCUT2D eigenvalue weighted by Gasteiger charge is 2.19. The number of carboxylic acids is 1. The van der Waals surface area contributed by atoms with Crippen molar-refractivity contribution in [1.82, 2.24) is 0 Å². The molecule has 14 heavy (non-hydrogen) atoms. The summed E-state index contributed by atoms with van der Waals surface area (Å²) in [7, 11) is 0. The first kappa shape index (κ1) is 13.4. The molecule has 0 aromatic heterocycles. The van der Waals surface area contributed by atoms with E-state index >= 15 is 0 Å². The summed E-state index contributed by atoms with van der Waals surface area (Å²) in [5, 5.41) is 18.3. The summed E-state index contributed by atoms with van der Waals surface area (Å²) >= 11 is 0. The summed E-state index contributed by atoms with van der Waals surface area (Å²) in [5.74, 6) is -1.13. The second kappa shape index (κ2) is 7.80. The molecule has 2 atom stereocenters. The third kappa shape index (κ3) is 5.97. The Morgan fingerprint density at radius 2 is 1.93 bits per heavy atom. The summed E-state index contributed by atoms with van der Waals surface area (Å²) < 4.78 is 0. The number of aliphatic hydroxyl groups is 1. The molecule has 0 fully saturated rings. The number of hydrogen-bond acceptors (Lipinski definition) is 2. The lowest BCUT2D eigenvalue weighted by Gasteiger charge is -2.15. The molecule has 0 heterocycles. The van der Waals surface area contributed by atoms with E-state index in [0.717, 1.165) is 19.3 Å². The van der Waals surface area contributed by atoms with Gasteiger partial charge in [-0.15, -0.1) is 0 Å². The summed E-state index contributed by atoms with van der Waals surface area (Å²) in [5.41, 5.74) is 0. The van der Waals surface area contributed by atoms with Gasteiger partial charge in [0, 0.05) is 0 Å². The van der Waals surface area contributed by atoms with Gasteiger partial charge in [-0.05, 0) is 19.3 Å². The second-order valence-electron chi connectivity index (χ2n) is 3.83. The zero-order valence-corrected chi connectivity index (χ0v) is 9.20. The van der Waals surface area contributed by atoms with Gasteiger partial charge in [0.05, 0.1) is 12.0 Å². The van der Waals surface area contributed by atoms with E-state index in [-0.39, 0.29) is 5.92 Å². The number of aliphatic hydroxyl groups excluding tert-OH is 1. The lowest BCUT2D eigenvalue weighted by atomic mass is 9.94. The normalized spacial score (nSPS) is 15.1. The molecule has 0 aliphatic heterocycles. The van der Waals surface area contributed by atoms with Crippen molar-refractivity contribution >= 4 is 5.97 Å². The van der Waals surface area contributed by atoms with Crippen molar-refractivity contribution in [1.29, 1.82) is 0 Å². The smallest absolute Gasteiger partial charge is 0.306 e. The first-order valence-corrected chi connectivity index (χ1v) is 5.52. The number of unbranched alkanes of at least 4 members (excludes halogenated alkanes) is 2. The number of hydrogen-bond donors (Lipinski definition) is 2. The lowest BCUT2D eigenvalue weighted by Crippen LogP contribution is -2.20. The number of rotatable bonds is 8. The average Bonchev–Trinajstić information content (AvgIpc) is 2.16. The van der Waals surface area contributed by atoms with Crippen LogP contribution in [0, 0.1) is 5.92 Å². The van der Waals surface area contributed by atoms with Gasteiger partial charge in [0.2, 0.25) is 0 Å². The summed E-state index contributed by atoms with van der Waals surface area (Å²) in [6, 6.07) is 0. The predicted octanol–water partition coefficient (Wildman–Crippen LogP) is 2.43. The maximum absolute atomic E-state index is 10.8. The molecule has 0 aromatic carbocycles. The van der Waals surface area contributed by atoms with Crippen molar-refractivity contribution < 1.29 is 15.0 Å². The van der Waals surface area contributed by atoms with Gasteiger partial charge in [-0.3, -0.25) is 4.79 Å². The number of carbonyl (C=O) groups is 1. The molecule has 0 amide bonds. The molecule has 0 aliphatic carbocycles. The molecule has 0 spiro atoms. The van der Waals surface area contributed by atoms with E-state index in [1.807, 2.05) is 6.92 Å². The molecule has 84 valence electrons. The summed E-state index contributed by atoms with van der Waals surface area (Å²) in [6.07, 6.45) is 4.39. The van der Waals surface area contributed by atoms with E-state index < -0.39 is 12.1 Å². The summed E-state index contributed by atoms with van der Waals surface area (Å²) in [6.45, 7) is 3.96. The second-order valence-corrected chi connectivity index (χ2v) is 3.83. The van der Waals surface area contributed by atoms with Crippen LogP contribution in [0.4, 0.5) is 0 Å². The van der Waals surface area contributed by atoms with E-state index in [2.05, 4.69) is 6.92 Å². The topological polar surface area (TPSA) is 57.5 Å². The van der Waals surface area contributed by atoms with Crippen LogP contribution in [-0.4, -0.2) is 22.3 Å². The predicted molar refractivity (Wildman–Crippen MR) is 56.2 cm³/mol. The van der Waals surface area contributed by atoms with E-state index in [4.69, 9.17) is 5.11 Å². The van der Waals surface area contributed by atoms with Gasteiger partial charge in [0.1, 0.15) is 0 Å². The van der Waals surface area contributed by atoms with Gasteiger partial charge in [-0.1, -0.05) is 33.1 Å². The van der Waals surface area contributed by atoms with Crippen molar-refractivity contribution in [2.75, 3.05) is 0 Å². The Labute approximate surface area is 86.1 Å². The zero-order chi connectivity index (χ0) is 11.0. The minimum Gasteiger partial charge on any atom is -0.481 e. The van der Waals surface area contributed by atoms with E-state index in [0.29, 0.717) is 19.3 Å². The summed E-state index contributed by atoms with van der Waals surface area (Å²) in [4.78, 5) is 10.8. The molecular weight excluding hydrogens is 180 g/mol. The minimum atomic E-state index is -0.770. The molecule has 0 aliphatic rings. The van der Waals surface area contributed by atoms with Crippen molar-refractivity contribution in [2.24, 2.45) is 5.92 Å². The molecule has 2 unspecified atom stereocenters. The molecule has 0 saturated heterocycles. The van der Waals surface area contributed by atoms with Gasteiger partial charge in [-0.2, -0.15) is 0 Å². The SMILES string of the molecule is CCCCCC(CC(O)CC)C(=O)O. The van der Waals surface area contributed by atoms with E-state index in [1.165, 1.54) is 0 Å². The number of carboxylic acid groups (broad SMARTS) is 1. The molecule has 2 N–H and O–H groups in total. The highest BCUT2D eigenvalue weighted by Crippen LogP contribution is 2.17. The van der Waals surface area contributed by atoms with Gasteiger partial charge < -0.3 is 10.2 Å². The monoisotopic (exact) mass is 202 g/mol. The van der Waals surface area contributed by atoms with Crippen LogP contribution in [0.5, 0.6) is 0 Å². The Bertz CT molecular complexity index is 157. The fraction of sp³-hybridized carbons (Fsp3) is 0.909. The standard InChI is InChI=1S/C11H22O3/c1-3-5-6-7-9(11(13)14)8-10(12)4-2/h9-10,12H,3-8H2,1-2H3,(H,13,14). The van der Waals surface area contributed by atoms with Gasteiger partial charge in [-0.25, -0.2) is 0 Å². The maximum atomic E-state index is 10.8. The van der Waals surface area contributed by atoms with Crippen LogP contribution in [0.25, 0.3) is 0 Å². The van der Waals surface area contributed by atoms with Crippen LogP contribution in [-0.2, 0) is 4.79 Å². The third-order valence-electron chi connectivity index (χ3n) is 2.53. The molecule has 0 radical (unpaired) electrons. The molecular formula is C11H22O3. The molecule has 0 saturated carbocycles. The Kier molecular flexibility index (Phi) is 7.48. The van der Waals surface area contributed by atoms with Crippen LogP contribution in [0.3, 0.4) is 0 Å². The van der Waals surface area contributed by atoms with E-state index in [9.17, 15) is 9.90 Å². The van der Waals surface area contributed by atoms with Crippen LogP contribution < -0.4 is 0 Å². The quantitative estimate of drug-likeness (QED) is 0.594. The Hall–Kier alpha value is -0.570. The van der Waals surface area contributed by atoms with Gasteiger partial charge in [0.25, 0.3) is 0 Å². The van der Waals surface area contributed by atoms with Crippen LogP contribution in [0.15, 0.2) is 0 Å². The Morgan fingerprint density at radius 3 is 2.36 bits per heavy atom. The maximum Gasteiger partial charge on any atom is 0.306 e. The van der Waals surface area contributed by atoms with Crippen molar-refractivity contribution in [3.8, 4) is 0 Å². The third-order valence-corrected chi connectivity index (χ3v) is 2.53. The van der Waals surface area contributed by atoms with Gasteiger partial charge >= 0.3 is 5.97 Å². The lowest BCUT2D eigenvalue weighted by molar-refractivity contribution is -0.143. The average molecular weight is 202 g/mol. The molecule has 3 nitrogen and oxygen atoms in total. The first-order chi connectivity index (χ1) is 6.61. The van der Waals surface area contributed by atoms with Crippen molar-refractivity contribution in [3.63, 3.8) is 0 Å². The van der Waals surface area contributed by atoms with Crippen LogP contribution in [0.2, 0.25) is 0 Å². The largest absolute Gasteiger partial charge is 0.481 e.